The first-order valence-corrected chi connectivity index (χ1v) is 6.54. The topological polar surface area (TPSA) is 52.0 Å². The van der Waals surface area contributed by atoms with Gasteiger partial charge in [0.2, 0.25) is 5.88 Å². The quantitative estimate of drug-likeness (QED) is 0.754. The lowest BCUT2D eigenvalue weighted by Crippen LogP contribution is -1.88. The molecule has 1 heterocycles. The molecule has 1 aromatic heterocycles. The van der Waals surface area contributed by atoms with Crippen LogP contribution in [0.2, 0.25) is 0 Å². The van der Waals surface area contributed by atoms with Crippen molar-refractivity contribution in [2.24, 2.45) is 0 Å². The second kappa shape index (κ2) is 4.85. The maximum absolute atomic E-state index is 5.96. The molecular formula is C17H16N2O. The Morgan fingerprint density at radius 3 is 2.35 bits per heavy atom. The van der Waals surface area contributed by atoms with Gasteiger partial charge in [0.05, 0.1) is 5.56 Å². The molecule has 2 aromatic carbocycles. The fourth-order valence-corrected chi connectivity index (χ4v) is 2.29. The number of nitrogen functional groups attached to an aromatic ring is 1. The van der Waals surface area contributed by atoms with Crippen LogP contribution in [0.1, 0.15) is 11.1 Å². The van der Waals surface area contributed by atoms with Gasteiger partial charge in [0, 0.05) is 5.56 Å². The van der Waals surface area contributed by atoms with Gasteiger partial charge in [-0.1, -0.05) is 58.7 Å². The highest BCUT2D eigenvalue weighted by Gasteiger charge is 2.17. The molecule has 0 aliphatic rings. The molecule has 0 spiro atoms. The van der Waals surface area contributed by atoms with Crippen molar-refractivity contribution in [3.63, 3.8) is 0 Å². The van der Waals surface area contributed by atoms with E-state index in [1.54, 1.807) is 0 Å². The summed E-state index contributed by atoms with van der Waals surface area (Å²) >= 11 is 0. The lowest BCUT2D eigenvalue weighted by atomic mass is 9.99. The molecule has 0 fully saturated rings. The van der Waals surface area contributed by atoms with Crippen LogP contribution in [-0.4, -0.2) is 5.16 Å². The molecule has 100 valence electrons. The van der Waals surface area contributed by atoms with Crippen LogP contribution in [0.15, 0.2) is 53.1 Å². The SMILES string of the molecule is Cc1ccc(-c2c(-c3cccc(C)c3)noc2N)cc1. The molecule has 3 heteroatoms. The van der Waals surface area contributed by atoms with Crippen LogP contribution in [0.25, 0.3) is 22.4 Å². The van der Waals surface area contributed by atoms with Gasteiger partial charge < -0.3 is 10.3 Å². The van der Waals surface area contributed by atoms with E-state index in [2.05, 4.69) is 43.3 Å². The zero-order chi connectivity index (χ0) is 14.1. The largest absolute Gasteiger partial charge is 0.367 e. The Hall–Kier alpha value is -2.55. The first kappa shape index (κ1) is 12.5. The lowest BCUT2D eigenvalue weighted by molar-refractivity contribution is 0.439. The van der Waals surface area contributed by atoms with Gasteiger partial charge in [-0.05, 0) is 25.5 Å². The summed E-state index contributed by atoms with van der Waals surface area (Å²) in [5.41, 5.74) is 12.0. The van der Waals surface area contributed by atoms with Gasteiger partial charge in [0.15, 0.2) is 0 Å². The van der Waals surface area contributed by atoms with Crippen LogP contribution >= 0.6 is 0 Å². The molecule has 0 saturated carbocycles. The van der Waals surface area contributed by atoms with Gasteiger partial charge in [0.25, 0.3) is 0 Å². The highest BCUT2D eigenvalue weighted by Crippen LogP contribution is 2.36. The standard InChI is InChI=1S/C17H16N2O/c1-11-6-8-13(9-7-11)15-16(19-20-17(15)18)14-5-3-4-12(2)10-14/h3-10H,18H2,1-2H3. The number of rotatable bonds is 2. The normalized spacial score (nSPS) is 10.7. The molecule has 3 nitrogen and oxygen atoms in total. The van der Waals surface area contributed by atoms with Crippen molar-refractivity contribution in [2.45, 2.75) is 13.8 Å². The van der Waals surface area contributed by atoms with E-state index in [0.29, 0.717) is 5.88 Å². The average Bonchev–Trinajstić information content (AvgIpc) is 2.82. The van der Waals surface area contributed by atoms with Crippen LogP contribution in [-0.2, 0) is 0 Å². The van der Waals surface area contributed by atoms with E-state index in [-0.39, 0.29) is 0 Å². The van der Waals surface area contributed by atoms with Crippen LogP contribution < -0.4 is 5.73 Å². The second-order valence-electron chi connectivity index (χ2n) is 5.01. The minimum atomic E-state index is 0.352. The van der Waals surface area contributed by atoms with Crippen molar-refractivity contribution in [2.75, 3.05) is 5.73 Å². The van der Waals surface area contributed by atoms with Gasteiger partial charge in [-0.3, -0.25) is 0 Å². The van der Waals surface area contributed by atoms with E-state index in [9.17, 15) is 0 Å². The molecule has 0 radical (unpaired) electrons. The lowest BCUT2D eigenvalue weighted by Gasteiger charge is -2.04. The molecule has 0 saturated heterocycles. The Bertz CT molecular complexity index is 742. The molecule has 0 unspecified atom stereocenters. The van der Waals surface area contributed by atoms with E-state index in [1.807, 2.05) is 24.3 Å². The fraction of sp³-hybridized carbons (Fsp3) is 0.118. The van der Waals surface area contributed by atoms with Gasteiger partial charge in [-0.15, -0.1) is 0 Å². The molecule has 0 aliphatic carbocycles. The highest BCUT2D eigenvalue weighted by atomic mass is 16.5. The maximum Gasteiger partial charge on any atom is 0.230 e. The number of aryl methyl sites for hydroxylation is 2. The molecule has 0 bridgehead atoms. The molecule has 0 amide bonds. The van der Waals surface area contributed by atoms with Crippen LogP contribution in [0.5, 0.6) is 0 Å². The summed E-state index contributed by atoms with van der Waals surface area (Å²) in [7, 11) is 0. The van der Waals surface area contributed by atoms with Crippen LogP contribution in [0.3, 0.4) is 0 Å². The predicted molar refractivity (Wildman–Crippen MR) is 81.3 cm³/mol. The average molecular weight is 264 g/mol. The van der Waals surface area contributed by atoms with E-state index in [4.69, 9.17) is 10.3 Å². The van der Waals surface area contributed by atoms with Crippen molar-refractivity contribution in [3.8, 4) is 22.4 Å². The van der Waals surface area contributed by atoms with Crippen molar-refractivity contribution >= 4 is 5.88 Å². The summed E-state index contributed by atoms with van der Waals surface area (Å²) in [5.74, 6) is 0.352. The number of benzene rings is 2. The monoisotopic (exact) mass is 264 g/mol. The summed E-state index contributed by atoms with van der Waals surface area (Å²) in [5, 5.41) is 4.13. The van der Waals surface area contributed by atoms with Gasteiger partial charge in [0.1, 0.15) is 5.69 Å². The van der Waals surface area contributed by atoms with Crippen molar-refractivity contribution in [3.05, 3.63) is 59.7 Å². The summed E-state index contributed by atoms with van der Waals surface area (Å²) in [6, 6.07) is 16.3. The van der Waals surface area contributed by atoms with Crippen molar-refractivity contribution < 1.29 is 4.52 Å². The minimum absolute atomic E-state index is 0.352. The fourth-order valence-electron chi connectivity index (χ4n) is 2.29. The van der Waals surface area contributed by atoms with Crippen LogP contribution in [0.4, 0.5) is 5.88 Å². The Morgan fingerprint density at radius 2 is 1.65 bits per heavy atom. The Morgan fingerprint density at radius 1 is 0.900 bits per heavy atom. The van der Waals surface area contributed by atoms with Gasteiger partial charge in [-0.25, -0.2) is 0 Å². The Balaban J connectivity index is 2.17. The molecular weight excluding hydrogens is 248 g/mol. The molecule has 3 aromatic rings. The zero-order valence-electron chi connectivity index (χ0n) is 11.6. The number of nitrogens with two attached hydrogens (primary N) is 1. The van der Waals surface area contributed by atoms with E-state index in [1.165, 1.54) is 11.1 Å². The summed E-state index contributed by atoms with van der Waals surface area (Å²) in [4.78, 5) is 0. The first-order chi connectivity index (χ1) is 9.65. The molecule has 0 aliphatic heterocycles. The van der Waals surface area contributed by atoms with E-state index < -0.39 is 0 Å². The third-order valence-corrected chi connectivity index (χ3v) is 3.35. The summed E-state index contributed by atoms with van der Waals surface area (Å²) < 4.78 is 5.20. The Labute approximate surface area is 118 Å². The van der Waals surface area contributed by atoms with Gasteiger partial charge >= 0.3 is 0 Å². The highest BCUT2D eigenvalue weighted by molar-refractivity contribution is 5.86. The molecule has 20 heavy (non-hydrogen) atoms. The summed E-state index contributed by atoms with van der Waals surface area (Å²) in [6.45, 7) is 4.11. The molecule has 3 rings (SSSR count). The second-order valence-corrected chi connectivity index (χ2v) is 5.01. The first-order valence-electron chi connectivity index (χ1n) is 6.54. The third kappa shape index (κ3) is 2.18. The molecule has 0 atom stereocenters. The number of nitrogens with zero attached hydrogens (tertiary/aromatic N) is 1. The molecule has 2 N–H and O–H groups in total. The minimum Gasteiger partial charge on any atom is -0.367 e. The maximum atomic E-state index is 5.96. The zero-order valence-corrected chi connectivity index (χ0v) is 11.6. The predicted octanol–water partition coefficient (Wildman–Crippen LogP) is 4.21. The number of anilines is 1. The smallest absolute Gasteiger partial charge is 0.230 e. The number of aromatic nitrogens is 1. The van der Waals surface area contributed by atoms with Crippen LogP contribution in [0, 0.1) is 13.8 Å². The third-order valence-electron chi connectivity index (χ3n) is 3.35. The number of hydrogen-bond acceptors (Lipinski definition) is 3. The van der Waals surface area contributed by atoms with E-state index >= 15 is 0 Å². The van der Waals surface area contributed by atoms with Crippen molar-refractivity contribution in [1.29, 1.82) is 0 Å². The summed E-state index contributed by atoms with van der Waals surface area (Å²) in [6.07, 6.45) is 0. The van der Waals surface area contributed by atoms with Crippen molar-refractivity contribution in [1.82, 2.24) is 5.16 Å². The van der Waals surface area contributed by atoms with E-state index in [0.717, 1.165) is 22.4 Å². The Kier molecular flexibility index (Phi) is 3.03. The van der Waals surface area contributed by atoms with Gasteiger partial charge in [-0.2, -0.15) is 0 Å². The number of hydrogen-bond donors (Lipinski definition) is 1.